The van der Waals surface area contributed by atoms with E-state index in [-0.39, 0.29) is 11.9 Å². The van der Waals surface area contributed by atoms with Crippen LogP contribution in [-0.4, -0.2) is 11.9 Å². The van der Waals surface area contributed by atoms with Crippen LogP contribution in [0.4, 0.5) is 0 Å². The maximum Gasteiger partial charge on any atom is 0.220 e. The smallest absolute Gasteiger partial charge is 0.220 e. The zero-order valence-corrected chi connectivity index (χ0v) is 12.0. The predicted octanol–water partition coefficient (Wildman–Crippen LogP) is 2.64. The van der Waals surface area contributed by atoms with Crippen LogP contribution in [0.5, 0.6) is 0 Å². The lowest BCUT2D eigenvalue weighted by atomic mass is 10.00. The summed E-state index contributed by atoms with van der Waals surface area (Å²) in [5.74, 6) is 0.499. The van der Waals surface area contributed by atoms with Crippen molar-refractivity contribution in [2.24, 2.45) is 11.7 Å². The Bertz CT molecular complexity index is 394. The molecule has 0 unspecified atom stereocenters. The van der Waals surface area contributed by atoms with Gasteiger partial charge in [-0.15, -0.1) is 11.3 Å². The Balaban J connectivity index is 1.74. The van der Waals surface area contributed by atoms with E-state index in [0.29, 0.717) is 18.9 Å². The van der Waals surface area contributed by atoms with Gasteiger partial charge in [0.25, 0.3) is 0 Å². The van der Waals surface area contributed by atoms with E-state index in [2.05, 4.69) is 21.2 Å². The summed E-state index contributed by atoms with van der Waals surface area (Å²) in [4.78, 5) is 11.7. The molecule has 1 aliphatic rings. The molecule has 0 aromatic carbocycles. The zero-order chi connectivity index (χ0) is 12.3. The molecular formula is C12H17BrN2OS. The lowest BCUT2D eigenvalue weighted by molar-refractivity contribution is -0.122. The maximum atomic E-state index is 11.7. The molecule has 1 aromatic heterocycles. The van der Waals surface area contributed by atoms with Crippen molar-refractivity contribution < 1.29 is 4.79 Å². The maximum absolute atomic E-state index is 11.7. The molecule has 0 saturated heterocycles. The third-order valence-electron chi connectivity index (χ3n) is 3.28. The number of thiophene rings is 1. The van der Waals surface area contributed by atoms with Crippen LogP contribution in [-0.2, 0) is 11.3 Å². The normalized spacial score (nSPS) is 23.9. The van der Waals surface area contributed by atoms with E-state index < -0.39 is 0 Å². The van der Waals surface area contributed by atoms with Crippen molar-refractivity contribution in [2.75, 3.05) is 0 Å². The average molecular weight is 317 g/mol. The highest BCUT2D eigenvalue weighted by Crippen LogP contribution is 2.26. The number of hydrogen-bond acceptors (Lipinski definition) is 3. The van der Waals surface area contributed by atoms with Gasteiger partial charge in [0.1, 0.15) is 0 Å². The molecule has 5 heteroatoms. The Hall–Kier alpha value is -0.390. The molecule has 1 fully saturated rings. The fourth-order valence-electron chi connectivity index (χ4n) is 2.27. The molecule has 1 saturated carbocycles. The Morgan fingerprint density at radius 1 is 1.59 bits per heavy atom. The Morgan fingerprint density at radius 2 is 2.41 bits per heavy atom. The lowest BCUT2D eigenvalue weighted by Gasteiger charge is -2.14. The van der Waals surface area contributed by atoms with Crippen molar-refractivity contribution >= 4 is 33.2 Å². The molecule has 0 radical (unpaired) electrons. The average Bonchev–Trinajstić information content (AvgIpc) is 2.86. The molecule has 1 aliphatic carbocycles. The summed E-state index contributed by atoms with van der Waals surface area (Å²) in [5, 5.41) is 5.00. The summed E-state index contributed by atoms with van der Waals surface area (Å²) in [5.41, 5.74) is 7.10. The number of rotatable bonds is 4. The summed E-state index contributed by atoms with van der Waals surface area (Å²) in [6, 6.07) is 2.25. The van der Waals surface area contributed by atoms with Crippen molar-refractivity contribution in [3.05, 3.63) is 20.8 Å². The van der Waals surface area contributed by atoms with Crippen molar-refractivity contribution in [2.45, 2.75) is 38.3 Å². The van der Waals surface area contributed by atoms with Gasteiger partial charge in [0.15, 0.2) is 0 Å². The van der Waals surface area contributed by atoms with Gasteiger partial charge in [-0.2, -0.15) is 0 Å². The first-order valence-corrected chi connectivity index (χ1v) is 7.57. The molecule has 17 heavy (non-hydrogen) atoms. The number of amides is 1. The van der Waals surface area contributed by atoms with E-state index >= 15 is 0 Å². The quantitative estimate of drug-likeness (QED) is 0.897. The van der Waals surface area contributed by atoms with E-state index in [1.807, 2.05) is 11.4 Å². The lowest BCUT2D eigenvalue weighted by Crippen LogP contribution is -2.31. The fourth-order valence-corrected chi connectivity index (χ4v) is 3.48. The predicted molar refractivity (Wildman–Crippen MR) is 73.8 cm³/mol. The van der Waals surface area contributed by atoms with E-state index in [0.717, 1.165) is 28.6 Å². The van der Waals surface area contributed by atoms with Crippen LogP contribution < -0.4 is 11.1 Å². The van der Waals surface area contributed by atoms with E-state index in [9.17, 15) is 4.79 Å². The van der Waals surface area contributed by atoms with Crippen LogP contribution in [0.1, 0.15) is 31.2 Å². The van der Waals surface area contributed by atoms with Gasteiger partial charge in [0.2, 0.25) is 5.91 Å². The molecule has 1 heterocycles. The van der Waals surface area contributed by atoms with Crippen LogP contribution in [0, 0.1) is 5.92 Å². The molecule has 3 N–H and O–H groups in total. The van der Waals surface area contributed by atoms with Gasteiger partial charge in [-0.05, 0) is 51.7 Å². The first-order chi connectivity index (χ1) is 8.15. The number of nitrogens with one attached hydrogen (secondary N) is 1. The Kier molecular flexibility index (Phi) is 4.59. The first-order valence-electron chi connectivity index (χ1n) is 5.90. The van der Waals surface area contributed by atoms with Gasteiger partial charge in [0, 0.05) is 19.0 Å². The highest BCUT2D eigenvalue weighted by atomic mass is 79.9. The van der Waals surface area contributed by atoms with Gasteiger partial charge in [-0.3, -0.25) is 4.79 Å². The molecule has 0 spiro atoms. The van der Waals surface area contributed by atoms with Gasteiger partial charge >= 0.3 is 0 Å². The first kappa shape index (κ1) is 13.1. The van der Waals surface area contributed by atoms with Crippen LogP contribution in [0.15, 0.2) is 15.2 Å². The highest BCUT2D eigenvalue weighted by Gasteiger charge is 2.25. The molecule has 0 aliphatic heterocycles. The second-order valence-corrected chi connectivity index (χ2v) is 6.89. The second-order valence-electron chi connectivity index (χ2n) is 4.59. The monoisotopic (exact) mass is 316 g/mol. The van der Waals surface area contributed by atoms with Crippen molar-refractivity contribution in [1.29, 1.82) is 0 Å². The third kappa shape index (κ3) is 3.79. The summed E-state index contributed by atoms with van der Waals surface area (Å²) in [7, 11) is 0. The van der Waals surface area contributed by atoms with Crippen LogP contribution in [0.25, 0.3) is 0 Å². The summed E-state index contributed by atoms with van der Waals surface area (Å²) < 4.78 is 1.10. The van der Waals surface area contributed by atoms with Gasteiger partial charge in [-0.1, -0.05) is 6.42 Å². The number of halogens is 1. The minimum absolute atomic E-state index is 0.120. The number of hydrogen-bond donors (Lipinski definition) is 2. The molecule has 3 nitrogen and oxygen atoms in total. The molecule has 0 bridgehead atoms. The highest BCUT2D eigenvalue weighted by molar-refractivity contribution is 9.11. The van der Waals surface area contributed by atoms with E-state index in [4.69, 9.17) is 5.73 Å². The zero-order valence-electron chi connectivity index (χ0n) is 9.62. The van der Waals surface area contributed by atoms with Gasteiger partial charge in [-0.25, -0.2) is 0 Å². The minimum Gasteiger partial charge on any atom is -0.352 e. The van der Waals surface area contributed by atoms with E-state index in [1.54, 1.807) is 11.3 Å². The Labute approximate surface area is 114 Å². The van der Waals surface area contributed by atoms with Crippen LogP contribution >= 0.6 is 27.3 Å². The molecule has 2 atom stereocenters. The topological polar surface area (TPSA) is 55.1 Å². The van der Waals surface area contributed by atoms with Crippen molar-refractivity contribution in [3.63, 3.8) is 0 Å². The summed E-state index contributed by atoms with van der Waals surface area (Å²) >= 11 is 5.04. The SMILES string of the molecule is N[C@@H]1CCC[C@H]1CC(=O)NCc1csc(Br)c1. The van der Waals surface area contributed by atoms with Crippen molar-refractivity contribution in [3.8, 4) is 0 Å². The second kappa shape index (κ2) is 5.98. The third-order valence-corrected chi connectivity index (χ3v) is 4.83. The number of carbonyl (C=O) groups excluding carboxylic acids is 1. The number of carbonyl (C=O) groups is 1. The molecular weight excluding hydrogens is 300 g/mol. The molecule has 1 aromatic rings. The van der Waals surface area contributed by atoms with Gasteiger partial charge in [0.05, 0.1) is 3.79 Å². The summed E-state index contributed by atoms with van der Waals surface area (Å²) in [6.45, 7) is 0.614. The van der Waals surface area contributed by atoms with Crippen LogP contribution in [0.3, 0.4) is 0 Å². The van der Waals surface area contributed by atoms with E-state index in [1.165, 1.54) is 0 Å². The molecule has 94 valence electrons. The minimum atomic E-state index is 0.120. The Morgan fingerprint density at radius 3 is 3.00 bits per heavy atom. The van der Waals surface area contributed by atoms with Crippen molar-refractivity contribution in [1.82, 2.24) is 5.32 Å². The fraction of sp³-hybridized carbons (Fsp3) is 0.583. The van der Waals surface area contributed by atoms with Crippen LogP contribution in [0.2, 0.25) is 0 Å². The molecule has 2 rings (SSSR count). The van der Waals surface area contributed by atoms with Gasteiger partial charge < -0.3 is 11.1 Å². The standard InChI is InChI=1S/C12H17BrN2OS/c13-11-4-8(7-17-11)6-15-12(16)5-9-2-1-3-10(9)14/h4,7,9-10H,1-3,5-6,14H2,(H,15,16)/t9-,10+/m0/s1. The molecule has 1 amide bonds. The summed E-state index contributed by atoms with van der Waals surface area (Å²) in [6.07, 6.45) is 3.90. The largest absolute Gasteiger partial charge is 0.352 e. The number of nitrogens with two attached hydrogens (primary N) is 1.